The van der Waals surface area contributed by atoms with Crippen molar-refractivity contribution in [1.29, 1.82) is 0 Å². The van der Waals surface area contributed by atoms with Crippen LogP contribution in [0.25, 0.3) is 10.7 Å². The van der Waals surface area contributed by atoms with Crippen molar-refractivity contribution in [2.75, 3.05) is 6.54 Å². The van der Waals surface area contributed by atoms with Crippen LogP contribution in [0.3, 0.4) is 0 Å². The lowest BCUT2D eigenvalue weighted by molar-refractivity contribution is 0.0950. The van der Waals surface area contributed by atoms with Crippen molar-refractivity contribution in [2.24, 2.45) is 0 Å². The standard InChI is InChI=1S/C16H18N4OS/c21-15(19-7-6-12-4-2-1-3-5-12)14-11-22-16(20-14)13-10-17-8-9-18-13/h4,8-11H,1-3,5-7H2,(H,19,21). The number of hydrogen-bond acceptors (Lipinski definition) is 5. The Balaban J connectivity index is 1.54. The van der Waals surface area contributed by atoms with Crippen LogP contribution in [0.5, 0.6) is 0 Å². The Bertz CT molecular complexity index is 666. The maximum atomic E-state index is 12.1. The summed E-state index contributed by atoms with van der Waals surface area (Å²) in [4.78, 5) is 24.6. The first-order valence-electron chi connectivity index (χ1n) is 7.51. The van der Waals surface area contributed by atoms with E-state index in [4.69, 9.17) is 0 Å². The van der Waals surface area contributed by atoms with Gasteiger partial charge in [0, 0.05) is 24.3 Å². The zero-order valence-electron chi connectivity index (χ0n) is 12.3. The van der Waals surface area contributed by atoms with Crippen molar-refractivity contribution < 1.29 is 4.79 Å². The first-order valence-corrected chi connectivity index (χ1v) is 8.39. The molecule has 0 atom stereocenters. The number of rotatable bonds is 5. The molecule has 5 nitrogen and oxygen atoms in total. The number of amides is 1. The van der Waals surface area contributed by atoms with Crippen LogP contribution in [0.4, 0.5) is 0 Å². The Morgan fingerprint density at radius 3 is 3.05 bits per heavy atom. The Hall–Kier alpha value is -2.08. The van der Waals surface area contributed by atoms with Crippen LogP contribution >= 0.6 is 11.3 Å². The molecular weight excluding hydrogens is 296 g/mol. The molecule has 0 spiro atoms. The van der Waals surface area contributed by atoms with Gasteiger partial charge >= 0.3 is 0 Å². The number of allylic oxidation sites excluding steroid dienone is 1. The van der Waals surface area contributed by atoms with Gasteiger partial charge in [0.15, 0.2) is 0 Å². The van der Waals surface area contributed by atoms with Crippen LogP contribution in [0.2, 0.25) is 0 Å². The summed E-state index contributed by atoms with van der Waals surface area (Å²) in [6.07, 6.45) is 13.0. The lowest BCUT2D eigenvalue weighted by Crippen LogP contribution is -2.25. The zero-order chi connectivity index (χ0) is 15.2. The summed E-state index contributed by atoms with van der Waals surface area (Å²) in [5, 5.41) is 5.42. The number of carbonyl (C=O) groups excluding carboxylic acids is 1. The van der Waals surface area contributed by atoms with Crippen molar-refractivity contribution in [3.8, 4) is 10.7 Å². The molecule has 1 aliphatic rings. The fourth-order valence-electron chi connectivity index (χ4n) is 2.46. The normalized spacial score (nSPS) is 14.5. The molecule has 6 heteroatoms. The Morgan fingerprint density at radius 2 is 2.27 bits per heavy atom. The summed E-state index contributed by atoms with van der Waals surface area (Å²) < 4.78 is 0. The molecule has 2 aromatic rings. The van der Waals surface area contributed by atoms with Gasteiger partial charge < -0.3 is 5.32 Å². The quantitative estimate of drug-likeness (QED) is 0.860. The molecule has 3 rings (SSSR count). The van der Waals surface area contributed by atoms with Crippen LogP contribution < -0.4 is 5.32 Å². The minimum atomic E-state index is -0.122. The number of nitrogens with zero attached hydrogens (tertiary/aromatic N) is 3. The Kier molecular flexibility index (Phi) is 4.90. The number of hydrogen-bond donors (Lipinski definition) is 1. The summed E-state index contributed by atoms with van der Waals surface area (Å²) >= 11 is 1.41. The minimum Gasteiger partial charge on any atom is -0.350 e. The van der Waals surface area contributed by atoms with E-state index in [1.165, 1.54) is 42.6 Å². The third-order valence-electron chi connectivity index (χ3n) is 3.64. The van der Waals surface area contributed by atoms with Gasteiger partial charge in [-0.1, -0.05) is 11.6 Å². The van der Waals surface area contributed by atoms with Gasteiger partial charge in [0.05, 0.1) is 6.20 Å². The van der Waals surface area contributed by atoms with E-state index in [1.807, 2.05) is 0 Å². The molecular formula is C16H18N4OS. The van der Waals surface area contributed by atoms with Gasteiger partial charge in [0.25, 0.3) is 5.91 Å². The number of aromatic nitrogens is 3. The lowest BCUT2D eigenvalue weighted by atomic mass is 9.97. The van der Waals surface area contributed by atoms with E-state index in [2.05, 4.69) is 26.3 Å². The third-order valence-corrected chi connectivity index (χ3v) is 4.50. The van der Waals surface area contributed by atoms with Crippen molar-refractivity contribution in [3.05, 3.63) is 41.3 Å². The summed E-state index contributed by atoms with van der Waals surface area (Å²) in [6, 6.07) is 0. The second-order valence-electron chi connectivity index (χ2n) is 5.24. The maximum Gasteiger partial charge on any atom is 0.270 e. The predicted molar refractivity (Wildman–Crippen MR) is 86.6 cm³/mol. The summed E-state index contributed by atoms with van der Waals surface area (Å²) in [7, 11) is 0. The SMILES string of the molecule is O=C(NCCC1=CCCCC1)c1csc(-c2cnccn2)n1. The second kappa shape index (κ2) is 7.26. The molecule has 1 amide bonds. The Labute approximate surface area is 133 Å². The smallest absolute Gasteiger partial charge is 0.270 e. The topological polar surface area (TPSA) is 67.8 Å². The van der Waals surface area contributed by atoms with Crippen LogP contribution in [0.1, 0.15) is 42.6 Å². The first kappa shape index (κ1) is 14.8. The average molecular weight is 314 g/mol. The molecule has 0 saturated heterocycles. The van der Waals surface area contributed by atoms with Crippen LogP contribution in [-0.2, 0) is 0 Å². The fraction of sp³-hybridized carbons (Fsp3) is 0.375. The minimum absolute atomic E-state index is 0.122. The molecule has 0 aliphatic heterocycles. The molecule has 1 aliphatic carbocycles. The molecule has 114 valence electrons. The van der Waals surface area contributed by atoms with Gasteiger partial charge in [-0.2, -0.15) is 0 Å². The van der Waals surface area contributed by atoms with Gasteiger partial charge in [-0.3, -0.25) is 14.8 Å². The van der Waals surface area contributed by atoms with Gasteiger partial charge in [-0.25, -0.2) is 4.98 Å². The molecule has 2 aromatic heterocycles. The Morgan fingerprint density at radius 1 is 1.32 bits per heavy atom. The van der Waals surface area contributed by atoms with E-state index in [0.717, 1.165) is 6.42 Å². The van der Waals surface area contributed by atoms with Gasteiger partial charge in [0.1, 0.15) is 16.4 Å². The highest BCUT2D eigenvalue weighted by Gasteiger charge is 2.12. The third kappa shape index (κ3) is 3.76. The van der Waals surface area contributed by atoms with E-state index in [0.29, 0.717) is 22.9 Å². The van der Waals surface area contributed by atoms with Crippen molar-refractivity contribution in [1.82, 2.24) is 20.3 Å². The number of thiazole rings is 1. The summed E-state index contributed by atoms with van der Waals surface area (Å²) in [5.74, 6) is -0.122. The summed E-state index contributed by atoms with van der Waals surface area (Å²) in [6.45, 7) is 0.669. The van der Waals surface area contributed by atoms with Gasteiger partial charge in [-0.05, 0) is 32.1 Å². The molecule has 0 saturated carbocycles. The van der Waals surface area contributed by atoms with Crippen LogP contribution in [0, 0.1) is 0 Å². The first-order chi connectivity index (χ1) is 10.8. The molecule has 0 radical (unpaired) electrons. The number of carbonyl (C=O) groups is 1. The van der Waals surface area contributed by atoms with Crippen LogP contribution in [0.15, 0.2) is 35.6 Å². The highest BCUT2D eigenvalue weighted by atomic mass is 32.1. The summed E-state index contributed by atoms with van der Waals surface area (Å²) in [5.41, 5.74) is 2.60. The second-order valence-corrected chi connectivity index (χ2v) is 6.10. The van der Waals surface area contributed by atoms with Crippen LogP contribution in [-0.4, -0.2) is 27.4 Å². The molecule has 0 aromatic carbocycles. The molecule has 0 bridgehead atoms. The fourth-order valence-corrected chi connectivity index (χ4v) is 3.22. The maximum absolute atomic E-state index is 12.1. The van der Waals surface area contributed by atoms with E-state index < -0.39 is 0 Å². The zero-order valence-corrected chi connectivity index (χ0v) is 13.1. The predicted octanol–water partition coefficient (Wildman–Crippen LogP) is 3.22. The van der Waals surface area contributed by atoms with Gasteiger partial charge in [0.2, 0.25) is 0 Å². The molecule has 0 unspecified atom stereocenters. The van der Waals surface area contributed by atoms with E-state index in [9.17, 15) is 4.79 Å². The van der Waals surface area contributed by atoms with E-state index in [1.54, 1.807) is 24.0 Å². The van der Waals surface area contributed by atoms with E-state index >= 15 is 0 Å². The average Bonchev–Trinajstić information content (AvgIpc) is 3.07. The number of nitrogens with one attached hydrogen (secondary N) is 1. The highest BCUT2D eigenvalue weighted by molar-refractivity contribution is 7.13. The highest BCUT2D eigenvalue weighted by Crippen LogP contribution is 2.21. The van der Waals surface area contributed by atoms with Gasteiger partial charge in [-0.15, -0.1) is 11.3 Å². The largest absolute Gasteiger partial charge is 0.350 e. The molecule has 2 heterocycles. The van der Waals surface area contributed by atoms with Crippen molar-refractivity contribution in [3.63, 3.8) is 0 Å². The van der Waals surface area contributed by atoms with Crippen molar-refractivity contribution >= 4 is 17.2 Å². The van der Waals surface area contributed by atoms with Crippen molar-refractivity contribution in [2.45, 2.75) is 32.1 Å². The molecule has 0 fully saturated rings. The molecule has 22 heavy (non-hydrogen) atoms. The lowest BCUT2D eigenvalue weighted by Gasteiger charge is -2.12. The van der Waals surface area contributed by atoms with E-state index in [-0.39, 0.29) is 5.91 Å². The monoisotopic (exact) mass is 314 g/mol. The molecule has 1 N–H and O–H groups in total.